The van der Waals surface area contributed by atoms with E-state index in [1.54, 1.807) is 0 Å². The Morgan fingerprint density at radius 2 is 2.45 bits per heavy atom. The molecular weight excluding hydrogens is 158 g/mol. The van der Waals surface area contributed by atoms with Crippen LogP contribution in [0.25, 0.3) is 0 Å². The van der Waals surface area contributed by atoms with Crippen LogP contribution >= 0.6 is 11.6 Å². The van der Waals surface area contributed by atoms with Gasteiger partial charge in [0.2, 0.25) is 0 Å². The summed E-state index contributed by atoms with van der Waals surface area (Å²) in [5, 5.41) is 0. The lowest BCUT2D eigenvalue weighted by molar-refractivity contribution is 0.203. The van der Waals surface area contributed by atoms with E-state index in [1.807, 2.05) is 6.08 Å². The molecular formula is C9H16ClN. The highest BCUT2D eigenvalue weighted by molar-refractivity contribution is 6.18. The first-order chi connectivity index (χ1) is 5.36. The second-order valence-electron chi connectivity index (χ2n) is 3.21. The fourth-order valence-corrected chi connectivity index (χ4v) is 1.88. The van der Waals surface area contributed by atoms with E-state index in [-0.39, 0.29) is 0 Å². The van der Waals surface area contributed by atoms with E-state index in [4.69, 9.17) is 11.6 Å². The van der Waals surface area contributed by atoms with E-state index in [0.717, 1.165) is 19.0 Å². The average Bonchev–Trinajstić information content (AvgIpc) is 2.06. The number of likely N-dealkylation sites (tertiary alicyclic amines) is 1. The molecule has 1 nitrogen and oxygen atoms in total. The van der Waals surface area contributed by atoms with Crippen molar-refractivity contribution in [1.29, 1.82) is 0 Å². The lowest BCUT2D eigenvalue weighted by Crippen LogP contribution is -2.35. The van der Waals surface area contributed by atoms with Gasteiger partial charge in [-0.2, -0.15) is 0 Å². The molecule has 2 heteroatoms. The van der Waals surface area contributed by atoms with E-state index in [2.05, 4.69) is 11.5 Å². The number of halogens is 1. The smallest absolute Gasteiger partial charge is 0.0263 e. The maximum absolute atomic E-state index is 5.79. The second kappa shape index (κ2) is 4.78. The van der Waals surface area contributed by atoms with E-state index in [1.165, 1.54) is 19.4 Å². The van der Waals surface area contributed by atoms with Crippen LogP contribution in [0.1, 0.15) is 12.8 Å². The molecule has 1 saturated heterocycles. The van der Waals surface area contributed by atoms with Crippen LogP contribution in [0.4, 0.5) is 0 Å². The van der Waals surface area contributed by atoms with E-state index < -0.39 is 0 Å². The summed E-state index contributed by atoms with van der Waals surface area (Å²) in [5.41, 5.74) is 0. The van der Waals surface area contributed by atoms with Gasteiger partial charge in [-0.15, -0.1) is 18.2 Å². The maximum Gasteiger partial charge on any atom is 0.0263 e. The molecule has 1 aliphatic heterocycles. The molecule has 0 aromatic rings. The van der Waals surface area contributed by atoms with Gasteiger partial charge in [-0.1, -0.05) is 6.08 Å². The van der Waals surface area contributed by atoms with Crippen molar-refractivity contribution in [2.75, 3.05) is 25.5 Å². The topological polar surface area (TPSA) is 3.24 Å². The van der Waals surface area contributed by atoms with E-state index in [0.29, 0.717) is 5.92 Å². The molecule has 1 atom stereocenters. The number of nitrogens with zero attached hydrogens (tertiary/aromatic N) is 1. The third-order valence-corrected chi connectivity index (χ3v) is 2.65. The predicted molar refractivity (Wildman–Crippen MR) is 50.1 cm³/mol. The summed E-state index contributed by atoms with van der Waals surface area (Å²) in [5.74, 6) is 1.53. The Kier molecular flexibility index (Phi) is 3.95. The molecule has 64 valence electrons. The van der Waals surface area contributed by atoms with Crippen LogP contribution in [0.15, 0.2) is 12.7 Å². The molecule has 0 amide bonds. The number of rotatable bonds is 3. The van der Waals surface area contributed by atoms with Crippen LogP contribution in [-0.2, 0) is 0 Å². The molecule has 0 spiro atoms. The lowest BCUT2D eigenvalue weighted by atomic mass is 10.0. The summed E-state index contributed by atoms with van der Waals surface area (Å²) >= 11 is 5.79. The fraction of sp³-hybridized carbons (Fsp3) is 0.778. The Morgan fingerprint density at radius 1 is 1.64 bits per heavy atom. The van der Waals surface area contributed by atoms with Crippen molar-refractivity contribution >= 4 is 11.6 Å². The standard InChI is InChI=1S/C9H16ClN/c1-2-5-11-6-3-4-9(7-10)8-11/h2,9H,1,3-8H2. The number of hydrogen-bond acceptors (Lipinski definition) is 1. The number of hydrogen-bond donors (Lipinski definition) is 0. The first-order valence-corrected chi connectivity index (χ1v) is 4.79. The Hall–Kier alpha value is -0.0100. The van der Waals surface area contributed by atoms with Gasteiger partial charge in [0.1, 0.15) is 0 Å². The molecule has 0 N–H and O–H groups in total. The lowest BCUT2D eigenvalue weighted by Gasteiger charge is -2.30. The quantitative estimate of drug-likeness (QED) is 0.467. The SMILES string of the molecule is C=CCN1CCCC(CCl)C1. The minimum atomic E-state index is 0.713. The first kappa shape index (κ1) is 9.08. The van der Waals surface area contributed by atoms with Gasteiger partial charge in [-0.3, -0.25) is 4.90 Å². The van der Waals surface area contributed by atoms with Gasteiger partial charge >= 0.3 is 0 Å². The van der Waals surface area contributed by atoms with Crippen LogP contribution < -0.4 is 0 Å². The highest BCUT2D eigenvalue weighted by Crippen LogP contribution is 2.16. The molecule has 1 fully saturated rings. The van der Waals surface area contributed by atoms with Gasteiger partial charge in [0.05, 0.1) is 0 Å². The molecule has 0 aromatic carbocycles. The van der Waals surface area contributed by atoms with Crippen molar-refractivity contribution in [3.8, 4) is 0 Å². The Bertz CT molecular complexity index is 125. The molecule has 1 rings (SSSR count). The molecule has 0 radical (unpaired) electrons. The molecule has 11 heavy (non-hydrogen) atoms. The third-order valence-electron chi connectivity index (χ3n) is 2.21. The zero-order valence-electron chi connectivity index (χ0n) is 6.93. The van der Waals surface area contributed by atoms with Gasteiger partial charge in [-0.05, 0) is 25.3 Å². The average molecular weight is 174 g/mol. The van der Waals surface area contributed by atoms with Crippen molar-refractivity contribution < 1.29 is 0 Å². The van der Waals surface area contributed by atoms with Gasteiger partial charge < -0.3 is 0 Å². The van der Waals surface area contributed by atoms with E-state index >= 15 is 0 Å². The van der Waals surface area contributed by atoms with Gasteiger partial charge in [0, 0.05) is 19.0 Å². The predicted octanol–water partition coefficient (Wildman–Crippen LogP) is 2.12. The molecule has 1 unspecified atom stereocenters. The molecule has 0 saturated carbocycles. The van der Waals surface area contributed by atoms with Gasteiger partial charge in [0.25, 0.3) is 0 Å². The normalized spacial score (nSPS) is 26.8. The molecule has 1 heterocycles. The van der Waals surface area contributed by atoms with E-state index in [9.17, 15) is 0 Å². The van der Waals surface area contributed by atoms with Gasteiger partial charge in [0.15, 0.2) is 0 Å². The van der Waals surface area contributed by atoms with Gasteiger partial charge in [-0.25, -0.2) is 0 Å². The Morgan fingerprint density at radius 3 is 3.09 bits per heavy atom. The van der Waals surface area contributed by atoms with Crippen LogP contribution in [0.5, 0.6) is 0 Å². The van der Waals surface area contributed by atoms with Crippen molar-refractivity contribution in [1.82, 2.24) is 4.90 Å². The molecule has 1 aliphatic rings. The first-order valence-electron chi connectivity index (χ1n) is 4.26. The van der Waals surface area contributed by atoms with Crippen LogP contribution in [0.3, 0.4) is 0 Å². The Balaban J connectivity index is 2.27. The van der Waals surface area contributed by atoms with Crippen molar-refractivity contribution in [2.24, 2.45) is 5.92 Å². The van der Waals surface area contributed by atoms with Crippen molar-refractivity contribution in [3.05, 3.63) is 12.7 Å². The van der Waals surface area contributed by atoms with Crippen molar-refractivity contribution in [3.63, 3.8) is 0 Å². The Labute approximate surface area is 74.0 Å². The zero-order valence-corrected chi connectivity index (χ0v) is 7.69. The third kappa shape index (κ3) is 2.84. The minimum absolute atomic E-state index is 0.713. The minimum Gasteiger partial charge on any atom is -0.299 e. The molecule has 0 bridgehead atoms. The summed E-state index contributed by atoms with van der Waals surface area (Å²) in [7, 11) is 0. The highest BCUT2D eigenvalue weighted by atomic mass is 35.5. The number of piperidine rings is 1. The summed E-state index contributed by atoms with van der Waals surface area (Å²) in [6.07, 6.45) is 4.57. The van der Waals surface area contributed by atoms with Crippen molar-refractivity contribution in [2.45, 2.75) is 12.8 Å². The van der Waals surface area contributed by atoms with Crippen LogP contribution in [0.2, 0.25) is 0 Å². The highest BCUT2D eigenvalue weighted by Gasteiger charge is 2.17. The largest absolute Gasteiger partial charge is 0.299 e. The van der Waals surface area contributed by atoms with Crippen LogP contribution in [0, 0.1) is 5.92 Å². The molecule has 0 aromatic heterocycles. The fourth-order valence-electron chi connectivity index (χ4n) is 1.63. The summed E-state index contributed by atoms with van der Waals surface area (Å²) in [6, 6.07) is 0. The monoisotopic (exact) mass is 173 g/mol. The number of alkyl halides is 1. The molecule has 0 aliphatic carbocycles. The van der Waals surface area contributed by atoms with Crippen LogP contribution in [-0.4, -0.2) is 30.4 Å². The maximum atomic E-state index is 5.79. The summed E-state index contributed by atoms with van der Waals surface area (Å²) in [6.45, 7) is 7.14. The summed E-state index contributed by atoms with van der Waals surface area (Å²) < 4.78 is 0. The zero-order chi connectivity index (χ0) is 8.10. The second-order valence-corrected chi connectivity index (χ2v) is 3.52. The summed E-state index contributed by atoms with van der Waals surface area (Å²) in [4.78, 5) is 2.42.